The lowest BCUT2D eigenvalue weighted by Gasteiger charge is -2.29. The Morgan fingerprint density at radius 1 is 1.36 bits per heavy atom. The van der Waals surface area contributed by atoms with Crippen LogP contribution in [0.3, 0.4) is 0 Å². The molecule has 3 heteroatoms. The second-order valence-corrected chi connectivity index (χ2v) is 4.86. The summed E-state index contributed by atoms with van der Waals surface area (Å²) in [7, 11) is 0. The third kappa shape index (κ3) is 3.66. The Hall–Kier alpha value is -0.570. The maximum Gasteiger partial charge on any atom is 0.335 e. The summed E-state index contributed by atoms with van der Waals surface area (Å²) in [5.74, 6) is -0.260. The van der Waals surface area contributed by atoms with Crippen molar-refractivity contribution < 1.29 is 14.3 Å². The molecule has 1 saturated carbocycles. The number of hydrogen-bond acceptors (Lipinski definition) is 3. The highest BCUT2D eigenvalue weighted by Crippen LogP contribution is 2.23. The molecule has 0 spiro atoms. The van der Waals surface area contributed by atoms with Gasteiger partial charge in [0.05, 0.1) is 6.10 Å². The van der Waals surface area contributed by atoms with Crippen LogP contribution in [-0.4, -0.2) is 23.8 Å². The van der Waals surface area contributed by atoms with E-state index in [4.69, 9.17) is 9.47 Å². The van der Waals surface area contributed by atoms with Gasteiger partial charge >= 0.3 is 5.97 Å². The molecule has 0 aromatic rings. The summed E-state index contributed by atoms with van der Waals surface area (Å²) >= 11 is 0. The van der Waals surface area contributed by atoms with Crippen molar-refractivity contribution in [3.05, 3.63) is 0 Å². The van der Waals surface area contributed by atoms with Crippen LogP contribution in [0.4, 0.5) is 0 Å². The maximum absolute atomic E-state index is 11.5. The number of esters is 1. The summed E-state index contributed by atoms with van der Waals surface area (Å²) in [4.78, 5) is 11.5. The Morgan fingerprint density at radius 2 is 1.93 bits per heavy atom. The highest BCUT2D eigenvalue weighted by atomic mass is 16.6. The van der Waals surface area contributed by atoms with E-state index in [0.29, 0.717) is 0 Å². The molecule has 14 heavy (non-hydrogen) atoms. The third-order valence-corrected chi connectivity index (χ3v) is 2.19. The smallest absolute Gasteiger partial charge is 0.335 e. The van der Waals surface area contributed by atoms with E-state index < -0.39 is 11.7 Å². The zero-order chi connectivity index (χ0) is 10.8. The van der Waals surface area contributed by atoms with Crippen molar-refractivity contribution in [1.82, 2.24) is 0 Å². The van der Waals surface area contributed by atoms with Gasteiger partial charge in [-0.2, -0.15) is 0 Å². The average molecular weight is 200 g/mol. The van der Waals surface area contributed by atoms with E-state index in [-0.39, 0.29) is 12.1 Å². The Morgan fingerprint density at radius 3 is 2.29 bits per heavy atom. The molecule has 0 aliphatic heterocycles. The van der Waals surface area contributed by atoms with E-state index in [2.05, 4.69) is 0 Å². The van der Waals surface area contributed by atoms with E-state index in [1.54, 1.807) is 6.92 Å². The second kappa shape index (κ2) is 4.30. The van der Waals surface area contributed by atoms with Gasteiger partial charge in [0, 0.05) is 0 Å². The minimum Gasteiger partial charge on any atom is -0.458 e. The van der Waals surface area contributed by atoms with Crippen LogP contribution in [0.2, 0.25) is 0 Å². The summed E-state index contributed by atoms with van der Waals surface area (Å²) in [6.45, 7) is 7.34. The standard InChI is InChI=1S/C11H20O3/c1-8(13-9-6-5-7-9)10(12)14-11(2,3)4/h8-9H,5-7H2,1-4H3. The first kappa shape index (κ1) is 11.5. The predicted octanol–water partition coefficient (Wildman–Crippen LogP) is 2.29. The molecule has 1 aliphatic carbocycles. The van der Waals surface area contributed by atoms with Crippen molar-refractivity contribution in [1.29, 1.82) is 0 Å². The molecule has 0 amide bonds. The summed E-state index contributed by atoms with van der Waals surface area (Å²) in [6, 6.07) is 0. The second-order valence-electron chi connectivity index (χ2n) is 4.86. The molecule has 0 radical (unpaired) electrons. The van der Waals surface area contributed by atoms with Gasteiger partial charge in [-0.1, -0.05) is 0 Å². The molecule has 82 valence electrons. The lowest BCUT2D eigenvalue weighted by molar-refractivity contribution is -0.173. The first-order chi connectivity index (χ1) is 6.38. The van der Waals surface area contributed by atoms with E-state index in [0.717, 1.165) is 12.8 Å². The Labute approximate surface area is 85.8 Å². The maximum atomic E-state index is 11.5. The molecule has 1 aliphatic rings. The van der Waals surface area contributed by atoms with Gasteiger partial charge in [0.25, 0.3) is 0 Å². The SMILES string of the molecule is CC(OC1CCC1)C(=O)OC(C)(C)C. The third-order valence-electron chi connectivity index (χ3n) is 2.19. The monoisotopic (exact) mass is 200 g/mol. The average Bonchev–Trinajstić information content (AvgIpc) is 1.92. The summed E-state index contributed by atoms with van der Waals surface area (Å²) in [5, 5.41) is 0. The van der Waals surface area contributed by atoms with Crippen LogP contribution >= 0.6 is 0 Å². The number of hydrogen-bond donors (Lipinski definition) is 0. The van der Waals surface area contributed by atoms with Gasteiger partial charge in [-0.15, -0.1) is 0 Å². The number of carbonyl (C=O) groups excluding carboxylic acids is 1. The highest BCUT2D eigenvalue weighted by molar-refractivity contribution is 5.74. The summed E-state index contributed by atoms with van der Waals surface area (Å²) in [5.41, 5.74) is -0.422. The van der Waals surface area contributed by atoms with Crippen LogP contribution in [0.1, 0.15) is 47.0 Å². The van der Waals surface area contributed by atoms with Crippen LogP contribution < -0.4 is 0 Å². The van der Waals surface area contributed by atoms with Gasteiger partial charge in [0.15, 0.2) is 6.10 Å². The molecular formula is C11H20O3. The highest BCUT2D eigenvalue weighted by Gasteiger charge is 2.27. The van der Waals surface area contributed by atoms with Crippen LogP contribution in [0.15, 0.2) is 0 Å². The minimum atomic E-state index is -0.431. The van der Waals surface area contributed by atoms with Gasteiger partial charge in [0.1, 0.15) is 5.60 Å². The molecule has 0 saturated heterocycles. The molecule has 0 aromatic heterocycles. The van der Waals surface area contributed by atoms with E-state index in [1.165, 1.54) is 6.42 Å². The van der Waals surface area contributed by atoms with Crippen LogP contribution in [0.5, 0.6) is 0 Å². The van der Waals surface area contributed by atoms with Crippen LogP contribution in [0.25, 0.3) is 0 Å². The first-order valence-electron chi connectivity index (χ1n) is 5.27. The Bertz CT molecular complexity index is 201. The van der Waals surface area contributed by atoms with E-state index in [1.807, 2.05) is 20.8 Å². The van der Waals surface area contributed by atoms with Gasteiger partial charge < -0.3 is 9.47 Å². The predicted molar refractivity (Wildman–Crippen MR) is 54.0 cm³/mol. The largest absolute Gasteiger partial charge is 0.458 e. The molecule has 1 atom stereocenters. The molecule has 3 nitrogen and oxygen atoms in total. The van der Waals surface area contributed by atoms with Crippen molar-refractivity contribution in [2.75, 3.05) is 0 Å². The van der Waals surface area contributed by atoms with Gasteiger partial charge in [-0.25, -0.2) is 4.79 Å². The number of rotatable bonds is 3. The van der Waals surface area contributed by atoms with Crippen LogP contribution in [-0.2, 0) is 14.3 Å². The quantitative estimate of drug-likeness (QED) is 0.656. The number of ether oxygens (including phenoxy) is 2. The zero-order valence-corrected chi connectivity index (χ0v) is 9.50. The van der Waals surface area contributed by atoms with Gasteiger partial charge in [-0.05, 0) is 47.0 Å². The fraction of sp³-hybridized carbons (Fsp3) is 0.909. The normalized spacial score (nSPS) is 20.0. The topological polar surface area (TPSA) is 35.5 Å². The van der Waals surface area contributed by atoms with Crippen molar-refractivity contribution in [3.63, 3.8) is 0 Å². The summed E-state index contributed by atoms with van der Waals surface area (Å²) < 4.78 is 10.7. The van der Waals surface area contributed by atoms with Gasteiger partial charge in [0.2, 0.25) is 0 Å². The molecular weight excluding hydrogens is 180 g/mol. The Kier molecular flexibility index (Phi) is 3.53. The van der Waals surface area contributed by atoms with Crippen molar-refractivity contribution in [3.8, 4) is 0 Å². The molecule has 1 rings (SSSR count). The van der Waals surface area contributed by atoms with Crippen molar-refractivity contribution in [2.45, 2.75) is 64.8 Å². The lowest BCUT2D eigenvalue weighted by atomic mass is 9.96. The van der Waals surface area contributed by atoms with Crippen LogP contribution in [0, 0.1) is 0 Å². The molecule has 1 unspecified atom stereocenters. The summed E-state index contributed by atoms with van der Waals surface area (Å²) in [6.07, 6.45) is 3.21. The fourth-order valence-corrected chi connectivity index (χ4v) is 1.24. The number of carbonyl (C=O) groups is 1. The zero-order valence-electron chi connectivity index (χ0n) is 9.50. The van der Waals surface area contributed by atoms with E-state index >= 15 is 0 Å². The molecule has 0 bridgehead atoms. The molecule has 1 fully saturated rings. The van der Waals surface area contributed by atoms with E-state index in [9.17, 15) is 4.79 Å². The molecule has 0 N–H and O–H groups in total. The van der Waals surface area contributed by atoms with Crippen molar-refractivity contribution in [2.24, 2.45) is 0 Å². The van der Waals surface area contributed by atoms with Gasteiger partial charge in [-0.3, -0.25) is 0 Å². The van der Waals surface area contributed by atoms with Crippen molar-refractivity contribution >= 4 is 5.97 Å². The molecule has 0 aromatic carbocycles. The fourth-order valence-electron chi connectivity index (χ4n) is 1.24. The lowest BCUT2D eigenvalue weighted by Crippen LogP contribution is -2.36. The Balaban J connectivity index is 2.28. The molecule has 0 heterocycles. The first-order valence-corrected chi connectivity index (χ1v) is 5.27. The minimum absolute atomic E-state index is 0.260.